The molecule has 0 aliphatic carbocycles. The first-order valence-corrected chi connectivity index (χ1v) is 13.6. The van der Waals surface area contributed by atoms with E-state index in [4.69, 9.17) is 45.0 Å². The summed E-state index contributed by atoms with van der Waals surface area (Å²) in [4.78, 5) is 32.4. The Balaban J connectivity index is 1.58. The lowest BCUT2D eigenvalue weighted by molar-refractivity contribution is 0.0941. The summed E-state index contributed by atoms with van der Waals surface area (Å²) in [7, 11) is 33.1. The first-order chi connectivity index (χ1) is 21.5. The van der Waals surface area contributed by atoms with Gasteiger partial charge in [0.25, 0.3) is 11.5 Å². The average molecular weight is 578 g/mol. The molecule has 206 valence electrons. The second-order valence-corrected chi connectivity index (χ2v) is 10.4. The molecule has 0 saturated carbocycles. The summed E-state index contributed by atoms with van der Waals surface area (Å²) in [6.45, 7) is 1.69. The molecule has 6 rings (SSSR count). The van der Waals surface area contributed by atoms with Crippen LogP contribution >= 0.6 is 0 Å². The van der Waals surface area contributed by atoms with Gasteiger partial charge >= 0.3 is 0 Å². The number of pyridine rings is 1. The largest absolute Gasteiger partial charge is 0.381 e. The van der Waals surface area contributed by atoms with Gasteiger partial charge in [-0.25, -0.2) is 9.50 Å². The molecule has 1 amide bonds. The van der Waals surface area contributed by atoms with Crippen molar-refractivity contribution in [1.82, 2.24) is 34.3 Å². The topological polar surface area (TPSA) is 125 Å². The molecule has 2 aromatic carbocycles. The van der Waals surface area contributed by atoms with Crippen LogP contribution in [0.15, 0.2) is 59.9 Å². The van der Waals surface area contributed by atoms with Gasteiger partial charge in [-0.15, -0.1) is 21.5 Å². The fraction of sp³-hybridized carbons (Fsp3) is 0.100. The quantitative estimate of drug-likeness (QED) is 0.173. The highest BCUT2D eigenvalue weighted by atomic mass is 16.2. The minimum Gasteiger partial charge on any atom is -0.381 e. The number of nitrogens with two attached hydrogens (primary N) is 1. The third-order valence-corrected chi connectivity index (χ3v) is 7.46. The van der Waals surface area contributed by atoms with Gasteiger partial charge in [-0.2, -0.15) is 5.10 Å². The van der Waals surface area contributed by atoms with Gasteiger partial charge in [-0.3, -0.25) is 18.8 Å². The molecule has 10 radical (unpaired) electrons. The number of rotatable bonds is 4. The highest BCUT2D eigenvalue weighted by Crippen LogP contribution is 2.23. The second-order valence-electron chi connectivity index (χ2n) is 10.4. The predicted molar refractivity (Wildman–Crippen MR) is 179 cm³/mol. The number of amides is 1. The minimum absolute atomic E-state index is 0.00965. The van der Waals surface area contributed by atoms with Gasteiger partial charge in [0.2, 0.25) is 0 Å². The summed E-state index contributed by atoms with van der Waals surface area (Å²) in [5.74, 6) is 5.53. The normalized spacial score (nSPS) is 11.8. The molecule has 45 heavy (non-hydrogen) atoms. The molecule has 4 heterocycles. The molecule has 10 nitrogen and oxygen atoms in total. The molecule has 0 aliphatic rings. The van der Waals surface area contributed by atoms with Crippen molar-refractivity contribution in [2.45, 2.75) is 13.0 Å². The molecule has 3 N–H and O–H groups in total. The summed E-state index contributed by atoms with van der Waals surface area (Å²) in [5, 5.41) is 12.0. The number of carbonyl (C=O) groups is 1. The molecule has 6 aromatic rings. The number of aryl methyl sites for hydroxylation is 1. The van der Waals surface area contributed by atoms with E-state index < -0.39 is 17.5 Å². The Labute approximate surface area is 264 Å². The summed E-state index contributed by atoms with van der Waals surface area (Å²) in [5.41, 5.74) is 7.12. The van der Waals surface area contributed by atoms with Crippen molar-refractivity contribution in [3.63, 3.8) is 0 Å². The number of hydrogen-bond acceptors (Lipinski definition) is 6. The Hall–Kier alpha value is -5.37. The number of hydrogen-bond donors (Lipinski definition) is 2. The van der Waals surface area contributed by atoms with Crippen LogP contribution in [0.3, 0.4) is 0 Å². The van der Waals surface area contributed by atoms with Crippen molar-refractivity contribution in [3.8, 4) is 17.5 Å². The Kier molecular flexibility index (Phi) is 7.45. The third kappa shape index (κ3) is 5.02. The van der Waals surface area contributed by atoms with E-state index in [0.717, 1.165) is 0 Å². The van der Waals surface area contributed by atoms with Gasteiger partial charge in [-0.05, 0) is 30.5 Å². The van der Waals surface area contributed by atoms with Crippen molar-refractivity contribution in [3.05, 3.63) is 87.9 Å². The van der Waals surface area contributed by atoms with Crippen LogP contribution in [0.5, 0.6) is 0 Å². The number of nitrogen functional groups attached to an aromatic ring is 1. The molecule has 1 atom stereocenters. The van der Waals surface area contributed by atoms with Crippen LogP contribution in [-0.4, -0.2) is 74.1 Å². The number of benzene rings is 2. The average Bonchev–Trinajstić information content (AvgIpc) is 3.60. The maximum absolute atomic E-state index is 14.5. The van der Waals surface area contributed by atoms with Crippen LogP contribution in [0.25, 0.3) is 22.1 Å². The summed E-state index contributed by atoms with van der Waals surface area (Å²) < 4.78 is 4.30. The summed E-state index contributed by atoms with van der Waals surface area (Å²) in [6.07, 6.45) is 6.52. The standard InChI is InChI=1S/C30H19B5N8O2/c1-14(39-29(44)20-27(36)40-42-10-4-9-37-28(20)42)18-11-17-6-3-5-16(8-7-15-12-38-41(2)13-15)19(17)30(45)43(18)26-24(34)22(32)21(31)23(33)25(26)35/h3-6,9-14H,1-2H3,(H2,36,40)(H,39,44)/t14-/m0/s1. The number of anilines is 1. The second kappa shape index (κ2) is 11.3. The maximum atomic E-state index is 14.5. The monoisotopic (exact) mass is 578 g/mol. The highest BCUT2D eigenvalue weighted by molar-refractivity contribution is 6.68. The number of aromatic nitrogens is 6. The van der Waals surface area contributed by atoms with Crippen molar-refractivity contribution in [2.24, 2.45) is 7.05 Å². The summed E-state index contributed by atoms with van der Waals surface area (Å²) >= 11 is 0. The highest BCUT2D eigenvalue weighted by Gasteiger charge is 2.25. The van der Waals surface area contributed by atoms with Gasteiger partial charge in [0.05, 0.1) is 23.2 Å². The Morgan fingerprint density at radius 1 is 1.02 bits per heavy atom. The lowest BCUT2D eigenvalue weighted by atomic mass is 9.61. The molecule has 0 fully saturated rings. The van der Waals surface area contributed by atoms with Crippen LogP contribution in [0.1, 0.15) is 40.1 Å². The molecular weight excluding hydrogens is 558 g/mol. The zero-order chi connectivity index (χ0) is 32.2. The molecule has 15 heteroatoms. The molecule has 0 spiro atoms. The van der Waals surface area contributed by atoms with Crippen molar-refractivity contribution < 1.29 is 4.79 Å². The minimum atomic E-state index is -0.823. The van der Waals surface area contributed by atoms with E-state index in [0.29, 0.717) is 22.2 Å². The van der Waals surface area contributed by atoms with Crippen molar-refractivity contribution in [2.75, 3.05) is 5.73 Å². The van der Waals surface area contributed by atoms with E-state index in [2.05, 4.69) is 32.3 Å². The summed E-state index contributed by atoms with van der Waals surface area (Å²) in [6, 6.07) is 7.83. The Bertz CT molecular complexity index is 2290. The molecule has 0 aliphatic heterocycles. The van der Waals surface area contributed by atoms with Gasteiger partial charge in [0.1, 0.15) is 44.8 Å². The smallest absolute Gasteiger partial charge is 0.264 e. The van der Waals surface area contributed by atoms with Crippen LogP contribution in [0.4, 0.5) is 5.82 Å². The third-order valence-electron chi connectivity index (χ3n) is 7.46. The first kappa shape index (κ1) is 29.7. The SMILES string of the molecule is [B]c1c([B])c([B])c(-n2c([C@H](C)NC(=O)c3c(N)nn4cccnc34)cc3cccc(C#Cc4cnn(C)c4)c3c2=O)c([B])c1[B]. The van der Waals surface area contributed by atoms with Crippen LogP contribution in [-0.2, 0) is 7.05 Å². The Morgan fingerprint density at radius 3 is 2.42 bits per heavy atom. The van der Waals surface area contributed by atoms with E-state index >= 15 is 0 Å². The number of carbonyl (C=O) groups excluding carboxylic acids is 1. The molecule has 0 unspecified atom stereocenters. The molecule has 0 saturated heterocycles. The van der Waals surface area contributed by atoms with Gasteiger partial charge in [0, 0.05) is 42.6 Å². The van der Waals surface area contributed by atoms with Crippen LogP contribution in [0, 0.1) is 11.8 Å². The molecule has 4 aromatic heterocycles. The van der Waals surface area contributed by atoms with Gasteiger partial charge < -0.3 is 11.1 Å². The van der Waals surface area contributed by atoms with E-state index in [-0.39, 0.29) is 55.4 Å². The number of nitrogens with one attached hydrogen (secondary N) is 1. The van der Waals surface area contributed by atoms with E-state index in [9.17, 15) is 9.59 Å². The lowest BCUT2D eigenvalue weighted by Crippen LogP contribution is -2.57. The van der Waals surface area contributed by atoms with Crippen LogP contribution < -0.4 is 43.9 Å². The number of nitrogens with zero attached hydrogens (tertiary/aromatic N) is 6. The van der Waals surface area contributed by atoms with Crippen molar-refractivity contribution in [1.29, 1.82) is 0 Å². The fourth-order valence-electron chi connectivity index (χ4n) is 5.20. The van der Waals surface area contributed by atoms with E-state index in [1.165, 1.54) is 15.3 Å². The molecule has 0 bridgehead atoms. The first-order valence-electron chi connectivity index (χ1n) is 13.6. The zero-order valence-corrected chi connectivity index (χ0v) is 24.2. The number of fused-ring (bicyclic) bond motifs is 2. The van der Waals surface area contributed by atoms with Crippen molar-refractivity contribution >= 4 is 94.7 Å². The maximum Gasteiger partial charge on any atom is 0.264 e. The van der Waals surface area contributed by atoms with E-state index in [1.807, 2.05) is 0 Å². The zero-order valence-electron chi connectivity index (χ0n) is 24.2. The van der Waals surface area contributed by atoms with Gasteiger partial charge in [-0.1, -0.05) is 34.9 Å². The van der Waals surface area contributed by atoms with E-state index in [1.54, 1.807) is 67.6 Å². The Morgan fingerprint density at radius 2 is 1.73 bits per heavy atom. The van der Waals surface area contributed by atoms with Crippen LogP contribution in [0.2, 0.25) is 0 Å². The lowest BCUT2D eigenvalue weighted by Gasteiger charge is -2.27. The van der Waals surface area contributed by atoms with Gasteiger partial charge in [0.15, 0.2) is 11.5 Å². The predicted octanol–water partition coefficient (Wildman–Crippen LogP) is -2.79. The molecular formula is C30H19B5N8O2. The fourth-order valence-corrected chi connectivity index (χ4v) is 5.20.